The number of hydrogen-bond donors (Lipinski definition) is 1. The molecule has 0 unspecified atom stereocenters. The molecule has 80 valence electrons. The van der Waals surface area contributed by atoms with E-state index in [1.54, 1.807) is 13.0 Å². The van der Waals surface area contributed by atoms with E-state index in [0.717, 1.165) is 0 Å². The van der Waals surface area contributed by atoms with Crippen LogP contribution in [0.4, 0.5) is 0 Å². The number of halogens is 1. The van der Waals surface area contributed by atoms with Crippen molar-refractivity contribution in [1.29, 1.82) is 5.26 Å². The smallest absolute Gasteiger partial charge is 0.261 e. The third kappa shape index (κ3) is 2.48. The third-order valence-electron chi connectivity index (χ3n) is 2.03. The van der Waals surface area contributed by atoms with Crippen molar-refractivity contribution in [3.05, 3.63) is 28.8 Å². The molecule has 1 aromatic rings. The highest BCUT2D eigenvalue weighted by Crippen LogP contribution is 2.24. The van der Waals surface area contributed by atoms with Crippen molar-refractivity contribution in [1.82, 2.24) is 0 Å². The largest absolute Gasteiger partial charge is 0.326 e. The van der Waals surface area contributed by atoms with Crippen LogP contribution in [0, 0.1) is 18.3 Å². The summed E-state index contributed by atoms with van der Waals surface area (Å²) in [5.74, 6) is 0. The van der Waals surface area contributed by atoms with Crippen LogP contribution in [0.2, 0.25) is 0 Å². The highest BCUT2D eigenvalue weighted by Gasteiger charge is 2.17. The minimum absolute atomic E-state index is 0.0683. The van der Waals surface area contributed by atoms with E-state index in [2.05, 4.69) is 0 Å². The highest BCUT2D eigenvalue weighted by atomic mass is 35.7. The molecule has 0 saturated carbocycles. The maximum atomic E-state index is 11.2. The van der Waals surface area contributed by atoms with Gasteiger partial charge in [-0.1, -0.05) is 0 Å². The van der Waals surface area contributed by atoms with Gasteiger partial charge in [-0.3, -0.25) is 0 Å². The van der Waals surface area contributed by atoms with Crippen molar-refractivity contribution in [2.75, 3.05) is 0 Å². The second-order valence-corrected chi connectivity index (χ2v) is 5.56. The lowest BCUT2D eigenvalue weighted by atomic mass is 10.1. The minimum atomic E-state index is -3.86. The number of rotatable bonds is 2. The molecule has 1 rings (SSSR count). The lowest BCUT2D eigenvalue weighted by Crippen LogP contribution is -2.07. The van der Waals surface area contributed by atoms with Crippen molar-refractivity contribution in [2.24, 2.45) is 5.73 Å². The lowest BCUT2D eigenvalue weighted by molar-refractivity contribution is 0.608. The summed E-state index contributed by atoms with van der Waals surface area (Å²) in [6.45, 7) is 1.76. The summed E-state index contributed by atoms with van der Waals surface area (Å²) >= 11 is 0. The molecule has 0 saturated heterocycles. The van der Waals surface area contributed by atoms with E-state index in [4.69, 9.17) is 21.7 Å². The molecule has 0 aromatic heterocycles. The van der Waals surface area contributed by atoms with Crippen LogP contribution in [0.5, 0.6) is 0 Å². The molecule has 0 amide bonds. The average Bonchev–Trinajstić information content (AvgIpc) is 2.15. The van der Waals surface area contributed by atoms with E-state index in [9.17, 15) is 8.42 Å². The molecular weight excluding hydrogens is 236 g/mol. The Balaban J connectivity index is 3.63. The van der Waals surface area contributed by atoms with Crippen LogP contribution in [-0.2, 0) is 15.6 Å². The normalized spacial score (nSPS) is 11.1. The van der Waals surface area contributed by atoms with Crippen molar-refractivity contribution in [3.8, 4) is 6.07 Å². The maximum Gasteiger partial charge on any atom is 0.261 e. The van der Waals surface area contributed by atoms with Crippen LogP contribution in [0.3, 0.4) is 0 Å². The summed E-state index contributed by atoms with van der Waals surface area (Å²) in [6, 6.07) is 4.68. The predicted octanol–water partition coefficient (Wildman–Crippen LogP) is 1.25. The first-order valence-corrected chi connectivity index (χ1v) is 6.39. The zero-order valence-electron chi connectivity index (χ0n) is 7.99. The average molecular weight is 245 g/mol. The molecule has 6 heteroatoms. The summed E-state index contributed by atoms with van der Waals surface area (Å²) in [7, 11) is 1.39. The van der Waals surface area contributed by atoms with Crippen LogP contribution in [-0.4, -0.2) is 8.42 Å². The number of nitrogens with zero attached hydrogens (tertiary/aromatic N) is 1. The van der Waals surface area contributed by atoms with E-state index in [-0.39, 0.29) is 17.0 Å². The molecule has 0 bridgehead atoms. The first-order chi connectivity index (χ1) is 6.90. The first-order valence-electron chi connectivity index (χ1n) is 4.08. The number of nitriles is 1. The van der Waals surface area contributed by atoms with Crippen molar-refractivity contribution in [2.45, 2.75) is 18.4 Å². The second-order valence-electron chi connectivity index (χ2n) is 3.02. The Labute approximate surface area is 92.7 Å². The molecule has 0 heterocycles. The zero-order chi connectivity index (χ0) is 11.6. The molecule has 0 spiro atoms. The number of benzene rings is 1. The summed E-state index contributed by atoms with van der Waals surface area (Å²) in [4.78, 5) is -0.0804. The standard InChI is InChI=1S/C9H9ClN2O2S/c1-6-2-7(4-11)3-9(8(6)5-12)15(10,13)14/h2-3H,5,12H2,1H3. The van der Waals surface area contributed by atoms with Gasteiger partial charge >= 0.3 is 0 Å². The molecule has 4 nitrogen and oxygen atoms in total. The Bertz CT molecular complexity index is 532. The van der Waals surface area contributed by atoms with Gasteiger partial charge < -0.3 is 5.73 Å². The van der Waals surface area contributed by atoms with Gasteiger partial charge in [-0.2, -0.15) is 5.26 Å². The fourth-order valence-corrected chi connectivity index (χ4v) is 2.55. The Morgan fingerprint density at radius 3 is 2.53 bits per heavy atom. The molecule has 2 N–H and O–H groups in total. The first kappa shape index (κ1) is 12.0. The number of aryl methyl sites for hydroxylation is 1. The van der Waals surface area contributed by atoms with Gasteiger partial charge in [0.1, 0.15) is 0 Å². The van der Waals surface area contributed by atoms with Gasteiger partial charge in [-0.15, -0.1) is 0 Å². The minimum Gasteiger partial charge on any atom is -0.326 e. The quantitative estimate of drug-likeness (QED) is 0.794. The van der Waals surface area contributed by atoms with Gasteiger partial charge in [0.15, 0.2) is 0 Å². The summed E-state index contributed by atoms with van der Waals surface area (Å²) < 4.78 is 22.5. The molecule has 0 radical (unpaired) electrons. The van der Waals surface area contributed by atoms with Gasteiger partial charge in [0.05, 0.1) is 16.5 Å². The molecule has 0 fully saturated rings. The van der Waals surface area contributed by atoms with Crippen molar-refractivity contribution in [3.63, 3.8) is 0 Å². The maximum absolute atomic E-state index is 11.2. The second kappa shape index (κ2) is 4.19. The number of nitrogens with two attached hydrogens (primary N) is 1. The van der Waals surface area contributed by atoms with Gasteiger partial charge in [-0.25, -0.2) is 8.42 Å². The van der Waals surface area contributed by atoms with Crippen LogP contribution in [0.15, 0.2) is 17.0 Å². The third-order valence-corrected chi connectivity index (χ3v) is 3.42. The van der Waals surface area contributed by atoms with Crippen molar-refractivity contribution >= 4 is 19.7 Å². The molecule has 0 aliphatic rings. The summed E-state index contributed by atoms with van der Waals surface area (Å²) in [6.07, 6.45) is 0. The van der Waals surface area contributed by atoms with Crippen LogP contribution >= 0.6 is 10.7 Å². The Kier molecular flexibility index (Phi) is 3.35. The summed E-state index contributed by atoms with van der Waals surface area (Å²) in [5.41, 5.74) is 6.78. The number of hydrogen-bond acceptors (Lipinski definition) is 4. The van der Waals surface area contributed by atoms with Crippen LogP contribution in [0.1, 0.15) is 16.7 Å². The zero-order valence-corrected chi connectivity index (χ0v) is 9.56. The van der Waals surface area contributed by atoms with Crippen LogP contribution in [0.25, 0.3) is 0 Å². The topological polar surface area (TPSA) is 84.0 Å². The van der Waals surface area contributed by atoms with E-state index < -0.39 is 9.05 Å². The van der Waals surface area contributed by atoms with Gasteiger partial charge in [-0.05, 0) is 30.2 Å². The molecule has 0 atom stereocenters. The van der Waals surface area contributed by atoms with Gasteiger partial charge in [0.25, 0.3) is 9.05 Å². The molecular formula is C9H9ClN2O2S. The van der Waals surface area contributed by atoms with Gasteiger partial charge in [0.2, 0.25) is 0 Å². The molecule has 0 aliphatic carbocycles. The Hall–Kier alpha value is -1.09. The molecule has 1 aromatic carbocycles. The SMILES string of the molecule is Cc1cc(C#N)cc(S(=O)(=O)Cl)c1CN. The van der Waals surface area contributed by atoms with E-state index >= 15 is 0 Å². The monoisotopic (exact) mass is 244 g/mol. The lowest BCUT2D eigenvalue weighted by Gasteiger charge is -2.08. The van der Waals surface area contributed by atoms with Crippen molar-refractivity contribution < 1.29 is 8.42 Å². The van der Waals surface area contributed by atoms with E-state index in [0.29, 0.717) is 11.1 Å². The van der Waals surface area contributed by atoms with Crippen LogP contribution < -0.4 is 5.73 Å². The Morgan fingerprint density at radius 2 is 2.13 bits per heavy atom. The highest BCUT2D eigenvalue weighted by molar-refractivity contribution is 8.13. The van der Waals surface area contributed by atoms with E-state index in [1.165, 1.54) is 6.07 Å². The predicted molar refractivity (Wildman–Crippen MR) is 56.8 cm³/mol. The Morgan fingerprint density at radius 1 is 1.53 bits per heavy atom. The van der Waals surface area contributed by atoms with Gasteiger partial charge in [0, 0.05) is 17.2 Å². The molecule has 15 heavy (non-hydrogen) atoms. The van der Waals surface area contributed by atoms with E-state index in [1.807, 2.05) is 6.07 Å². The summed E-state index contributed by atoms with van der Waals surface area (Å²) in [5, 5.41) is 8.70. The fourth-order valence-electron chi connectivity index (χ4n) is 1.33. The molecule has 0 aliphatic heterocycles. The fraction of sp³-hybridized carbons (Fsp3) is 0.222.